The van der Waals surface area contributed by atoms with E-state index >= 15 is 0 Å². The van der Waals surface area contributed by atoms with Crippen LogP contribution in [0.15, 0.2) is 172 Å². The van der Waals surface area contributed by atoms with E-state index in [1.807, 2.05) is 0 Å². The van der Waals surface area contributed by atoms with Crippen LogP contribution in [0.5, 0.6) is 5.75 Å². The third-order valence-corrected chi connectivity index (χ3v) is 13.2. The van der Waals surface area contributed by atoms with Gasteiger partial charge in [-0.05, 0) is 84.2 Å². The molecule has 65 heavy (non-hydrogen) atoms. The van der Waals surface area contributed by atoms with Crippen molar-refractivity contribution >= 4 is 123 Å². The van der Waals surface area contributed by atoms with Gasteiger partial charge in [0.1, 0.15) is 20.4 Å². The van der Waals surface area contributed by atoms with Crippen LogP contribution in [-0.2, 0) is 40.5 Å². The standard InChI is InChI=1S/C40H27N7O13S4.Na/c41-22-8-10-25-21(16-22)17-38(64(58,59)60)39(40(25)48)47-46-34-14-15-35(30-20-24(61(49,50)51)9-11-28(30)34)45-44-33-13-12-32(26-4-1-2-5-27(26)33)43-42-23-18-31-29(37(19-23)63(55,56)57)6-3-7-36(31)62(52,53)54;/h1-20,48H,41H2,(H,49,50,51)(H,52,53,54)(H,55,56,57)(H,58,59,60);/q;+1. The monoisotopic (exact) mass is 964 g/mol. The molecule has 8 aromatic rings. The number of nitrogens with zero attached hydrogens (tertiary/aromatic N) is 6. The molecule has 0 saturated carbocycles. The zero-order valence-corrected chi connectivity index (χ0v) is 38.2. The first kappa shape index (κ1) is 46.8. The molecular formula is C40H27N7NaO13S4+. The molecule has 8 aromatic carbocycles. The predicted octanol–water partition coefficient (Wildman–Crippen LogP) is 6.82. The van der Waals surface area contributed by atoms with Gasteiger partial charge in [0.05, 0.1) is 33.3 Å². The van der Waals surface area contributed by atoms with Crippen molar-refractivity contribution in [1.82, 2.24) is 0 Å². The number of rotatable bonds is 10. The summed E-state index contributed by atoms with van der Waals surface area (Å²) in [6.07, 6.45) is 0. The number of benzene rings is 8. The Kier molecular flexibility index (Phi) is 12.5. The van der Waals surface area contributed by atoms with Crippen LogP contribution in [0.4, 0.5) is 39.8 Å². The van der Waals surface area contributed by atoms with Gasteiger partial charge in [0, 0.05) is 43.4 Å². The third kappa shape index (κ3) is 9.49. The molecule has 0 unspecified atom stereocenters. The molecule has 25 heteroatoms. The second-order valence-electron chi connectivity index (χ2n) is 13.8. The number of anilines is 1. The van der Waals surface area contributed by atoms with E-state index in [2.05, 4.69) is 30.7 Å². The smallest absolute Gasteiger partial charge is 0.505 e. The van der Waals surface area contributed by atoms with Crippen molar-refractivity contribution in [3.05, 3.63) is 121 Å². The minimum Gasteiger partial charge on any atom is -0.505 e. The Labute approximate surface area is 390 Å². The summed E-state index contributed by atoms with van der Waals surface area (Å²) in [6.45, 7) is 0. The molecule has 0 spiro atoms. The number of azo groups is 3. The Bertz CT molecular complexity index is 3890. The van der Waals surface area contributed by atoms with Gasteiger partial charge in [-0.3, -0.25) is 18.2 Å². The molecule has 7 N–H and O–H groups in total. The van der Waals surface area contributed by atoms with Crippen molar-refractivity contribution in [2.45, 2.75) is 19.6 Å². The number of hydrogen-bond acceptors (Lipinski definition) is 16. The number of aromatic hydroxyl groups is 1. The fraction of sp³-hybridized carbons (Fsp3) is 0. The molecule has 0 radical (unpaired) electrons. The predicted molar refractivity (Wildman–Crippen MR) is 234 cm³/mol. The molecule has 324 valence electrons. The molecule has 20 nitrogen and oxygen atoms in total. The van der Waals surface area contributed by atoms with E-state index in [4.69, 9.17) is 5.73 Å². The van der Waals surface area contributed by atoms with Crippen LogP contribution < -0.4 is 35.3 Å². The van der Waals surface area contributed by atoms with Crippen LogP contribution in [0, 0.1) is 0 Å². The first-order chi connectivity index (χ1) is 30.1. The van der Waals surface area contributed by atoms with E-state index in [0.29, 0.717) is 10.8 Å². The Morgan fingerprint density at radius 2 is 0.908 bits per heavy atom. The Morgan fingerprint density at radius 1 is 0.400 bits per heavy atom. The van der Waals surface area contributed by atoms with E-state index in [9.17, 15) is 57.0 Å². The molecule has 0 fully saturated rings. The fourth-order valence-corrected chi connectivity index (χ4v) is 9.45. The van der Waals surface area contributed by atoms with Gasteiger partial charge in [-0.2, -0.15) is 38.8 Å². The van der Waals surface area contributed by atoms with Crippen molar-refractivity contribution in [2.75, 3.05) is 5.73 Å². The van der Waals surface area contributed by atoms with Crippen molar-refractivity contribution in [3.8, 4) is 5.75 Å². The van der Waals surface area contributed by atoms with Crippen LogP contribution in [0.3, 0.4) is 0 Å². The Balaban J connectivity index is 0.00000630. The zero-order chi connectivity index (χ0) is 45.9. The molecule has 0 bridgehead atoms. The minimum absolute atomic E-state index is 0. The quantitative estimate of drug-likeness (QED) is 0.0354. The Morgan fingerprint density at radius 3 is 1.48 bits per heavy atom. The summed E-state index contributed by atoms with van der Waals surface area (Å²) in [5.74, 6) is -0.633. The van der Waals surface area contributed by atoms with Gasteiger partial charge in [-0.25, -0.2) is 0 Å². The van der Waals surface area contributed by atoms with E-state index in [1.54, 1.807) is 24.3 Å². The number of fused-ring (bicyclic) bond motifs is 4. The van der Waals surface area contributed by atoms with Crippen molar-refractivity contribution in [1.29, 1.82) is 0 Å². The fourth-order valence-electron chi connectivity index (χ4n) is 6.86. The van der Waals surface area contributed by atoms with E-state index < -0.39 is 71.5 Å². The third-order valence-electron chi connectivity index (χ3n) is 9.73. The van der Waals surface area contributed by atoms with E-state index in [-0.39, 0.29) is 96.0 Å². The number of nitrogen functional groups attached to an aromatic ring is 1. The summed E-state index contributed by atoms with van der Waals surface area (Å²) in [5.41, 5.74) is 5.83. The minimum atomic E-state index is -4.97. The SMILES string of the molecule is Nc1ccc2c(O)c(N=Nc3ccc(N=Nc4ccc(N=Nc5cc(S(=O)(=O)O)c6cccc(S(=O)(=O)O)c6c5)c5ccccc45)c4cc(S(=O)(=O)O)ccc34)c(S(=O)(=O)O)cc2c1.[Na+]. The van der Waals surface area contributed by atoms with Gasteiger partial charge >= 0.3 is 29.6 Å². The number of hydrogen-bond donors (Lipinski definition) is 6. The molecule has 0 aromatic heterocycles. The molecule has 0 aliphatic heterocycles. The van der Waals surface area contributed by atoms with Crippen molar-refractivity contribution < 1.29 is 86.5 Å². The topological polar surface area (TPSA) is 338 Å². The number of phenols is 1. The summed E-state index contributed by atoms with van der Waals surface area (Å²) in [5, 5.41) is 37.3. The van der Waals surface area contributed by atoms with Crippen molar-refractivity contribution in [3.63, 3.8) is 0 Å². The maximum absolute atomic E-state index is 12.4. The van der Waals surface area contributed by atoms with Crippen LogP contribution in [0.2, 0.25) is 0 Å². The second-order valence-corrected chi connectivity index (χ2v) is 19.4. The average Bonchev–Trinajstić information content (AvgIpc) is 3.22. The number of nitrogens with two attached hydrogens (primary N) is 1. The van der Waals surface area contributed by atoms with Crippen molar-refractivity contribution in [2.24, 2.45) is 30.7 Å². The average molecular weight is 965 g/mol. The first-order valence-electron chi connectivity index (χ1n) is 17.9. The molecule has 8 rings (SSSR count). The summed E-state index contributed by atoms with van der Waals surface area (Å²) in [6, 6.07) is 26.9. The van der Waals surface area contributed by atoms with E-state index in [0.717, 1.165) is 30.3 Å². The Hall–Kier alpha value is -6.16. The van der Waals surface area contributed by atoms with Crippen LogP contribution >= 0.6 is 0 Å². The van der Waals surface area contributed by atoms with Crippen LogP contribution in [0.1, 0.15) is 0 Å². The molecule has 0 saturated heterocycles. The second kappa shape index (κ2) is 17.3. The van der Waals surface area contributed by atoms with Gasteiger partial charge in [0.25, 0.3) is 40.5 Å². The van der Waals surface area contributed by atoms with Gasteiger partial charge in [-0.15, -0.1) is 25.6 Å². The molecular weight excluding hydrogens is 938 g/mol. The largest absolute Gasteiger partial charge is 1.00 e. The van der Waals surface area contributed by atoms with E-state index in [1.165, 1.54) is 66.7 Å². The summed E-state index contributed by atoms with van der Waals surface area (Å²) in [7, 11) is -19.5. The zero-order valence-electron chi connectivity index (χ0n) is 32.9. The maximum Gasteiger partial charge on any atom is 1.00 e. The normalized spacial score (nSPS) is 12.9. The maximum atomic E-state index is 12.4. The molecule has 0 aliphatic carbocycles. The van der Waals surface area contributed by atoms with Gasteiger partial charge in [0.2, 0.25) is 0 Å². The van der Waals surface area contributed by atoms with Gasteiger partial charge < -0.3 is 10.8 Å². The summed E-state index contributed by atoms with van der Waals surface area (Å²) in [4.78, 5) is -2.60. The van der Waals surface area contributed by atoms with Crippen LogP contribution in [0.25, 0.3) is 43.1 Å². The molecule has 0 amide bonds. The molecule has 0 aliphatic rings. The molecule has 0 atom stereocenters. The summed E-state index contributed by atoms with van der Waals surface area (Å²) >= 11 is 0. The van der Waals surface area contributed by atoms with Crippen LogP contribution in [-0.4, -0.2) is 57.0 Å². The van der Waals surface area contributed by atoms with Gasteiger partial charge in [-0.1, -0.05) is 42.5 Å². The number of phenolic OH excluding ortho intramolecular Hbond substituents is 1. The summed E-state index contributed by atoms with van der Waals surface area (Å²) < 4.78 is 138. The van der Waals surface area contributed by atoms with Gasteiger partial charge in [0.15, 0.2) is 5.75 Å². The first-order valence-corrected chi connectivity index (χ1v) is 23.7. The molecule has 0 heterocycles.